The van der Waals surface area contributed by atoms with E-state index >= 15 is 0 Å². The molecule has 0 aromatic heterocycles. The van der Waals surface area contributed by atoms with Crippen LogP contribution in [0.3, 0.4) is 0 Å². The maximum absolute atomic E-state index is 14.0. The van der Waals surface area contributed by atoms with Crippen molar-refractivity contribution in [3.05, 3.63) is 57.6 Å². The average molecular weight is 563 g/mol. The highest BCUT2D eigenvalue weighted by Crippen LogP contribution is 2.49. The molecule has 7 heteroatoms. The summed E-state index contributed by atoms with van der Waals surface area (Å²) in [7, 11) is -4.25. The van der Waals surface area contributed by atoms with Crippen LogP contribution in [0.25, 0.3) is 0 Å². The summed E-state index contributed by atoms with van der Waals surface area (Å²) in [5.41, 5.74) is 2.92. The maximum atomic E-state index is 14.0. The summed E-state index contributed by atoms with van der Waals surface area (Å²) in [5, 5.41) is 0.0193. The van der Waals surface area contributed by atoms with Gasteiger partial charge >= 0.3 is 0 Å². The molecule has 2 aliphatic rings. The summed E-state index contributed by atoms with van der Waals surface area (Å²) >= 11 is 0. The lowest BCUT2D eigenvalue weighted by Crippen LogP contribution is -2.44. The molecule has 208 valence electrons. The van der Waals surface area contributed by atoms with Crippen LogP contribution in [0.2, 0.25) is 36.3 Å². The first kappa shape index (κ1) is 29.3. The van der Waals surface area contributed by atoms with Crippen molar-refractivity contribution in [3.63, 3.8) is 0 Å². The standard InChI is InChI=1S/C32H42O5Si2/c1-31(2,3)38(7,8)36-19-14-13-15-21-24-18-20-35-29(24)30(37-39(9,10)32(4,5)6)26-25(21)27(33)22-16-11-12-17-23(22)28(26)34/h11-12,16-17H,14,18-20H2,1-10H3. The fraction of sp³-hybridized carbons (Fsp3) is 0.500. The summed E-state index contributed by atoms with van der Waals surface area (Å²) in [5.74, 6) is 7.14. The Hall–Kier alpha value is -2.67. The van der Waals surface area contributed by atoms with E-state index in [9.17, 15) is 9.59 Å². The summed E-state index contributed by atoms with van der Waals surface area (Å²) in [6, 6.07) is 7.02. The van der Waals surface area contributed by atoms with E-state index in [1.807, 2.05) is 0 Å². The molecule has 0 saturated heterocycles. The fourth-order valence-electron chi connectivity index (χ4n) is 4.36. The zero-order chi connectivity index (χ0) is 29.0. The average Bonchev–Trinajstić information content (AvgIpc) is 3.31. The maximum Gasteiger partial charge on any atom is 0.250 e. The van der Waals surface area contributed by atoms with Gasteiger partial charge in [-0.2, -0.15) is 0 Å². The van der Waals surface area contributed by atoms with Gasteiger partial charge in [-0.25, -0.2) is 0 Å². The van der Waals surface area contributed by atoms with Crippen molar-refractivity contribution in [1.82, 2.24) is 0 Å². The van der Waals surface area contributed by atoms with Gasteiger partial charge in [-0.15, -0.1) is 0 Å². The van der Waals surface area contributed by atoms with Gasteiger partial charge in [0.1, 0.15) is 0 Å². The van der Waals surface area contributed by atoms with Gasteiger partial charge in [0.15, 0.2) is 31.4 Å². The topological polar surface area (TPSA) is 61.8 Å². The molecule has 0 saturated carbocycles. The van der Waals surface area contributed by atoms with Gasteiger partial charge in [-0.3, -0.25) is 9.59 Å². The molecule has 0 spiro atoms. The lowest BCUT2D eigenvalue weighted by atomic mass is 9.79. The Balaban J connectivity index is 1.84. The Morgan fingerprint density at radius 2 is 1.44 bits per heavy atom. The largest absolute Gasteiger partial charge is 0.541 e. The number of ketones is 2. The number of fused-ring (bicyclic) bond motifs is 3. The van der Waals surface area contributed by atoms with E-state index in [4.69, 9.17) is 13.6 Å². The van der Waals surface area contributed by atoms with Gasteiger partial charge in [-0.1, -0.05) is 77.6 Å². The van der Waals surface area contributed by atoms with Crippen LogP contribution in [0.4, 0.5) is 0 Å². The van der Waals surface area contributed by atoms with E-state index in [0.29, 0.717) is 65.4 Å². The zero-order valence-electron chi connectivity index (χ0n) is 25.2. The van der Waals surface area contributed by atoms with Gasteiger partial charge < -0.3 is 13.6 Å². The minimum absolute atomic E-state index is 0.104. The molecule has 2 aromatic carbocycles. The Morgan fingerprint density at radius 3 is 2.00 bits per heavy atom. The van der Waals surface area contributed by atoms with E-state index in [0.717, 1.165) is 5.56 Å². The Morgan fingerprint density at radius 1 is 0.872 bits per heavy atom. The van der Waals surface area contributed by atoms with Gasteiger partial charge in [0, 0.05) is 41.7 Å². The summed E-state index contributed by atoms with van der Waals surface area (Å²) in [6.45, 7) is 22.8. The molecule has 0 fully saturated rings. The molecule has 1 aliphatic carbocycles. The Labute approximate surface area is 235 Å². The normalized spacial score (nSPS) is 15.1. The fourth-order valence-corrected chi connectivity index (χ4v) is 6.42. The van der Waals surface area contributed by atoms with Gasteiger partial charge in [0.25, 0.3) is 8.32 Å². The first-order valence-corrected chi connectivity index (χ1v) is 19.7. The quantitative estimate of drug-likeness (QED) is 0.183. The summed E-state index contributed by atoms with van der Waals surface area (Å²) < 4.78 is 19.2. The van der Waals surface area contributed by atoms with Crippen molar-refractivity contribution >= 4 is 28.2 Å². The number of carbonyl (C=O) groups is 2. The molecular weight excluding hydrogens is 521 g/mol. The molecule has 5 nitrogen and oxygen atoms in total. The van der Waals surface area contributed by atoms with E-state index in [1.54, 1.807) is 24.3 Å². The van der Waals surface area contributed by atoms with Crippen LogP contribution in [-0.4, -0.2) is 41.4 Å². The van der Waals surface area contributed by atoms with Crippen LogP contribution < -0.4 is 9.16 Å². The van der Waals surface area contributed by atoms with Crippen LogP contribution >= 0.6 is 0 Å². The molecule has 0 unspecified atom stereocenters. The minimum Gasteiger partial charge on any atom is -0.541 e. The number of rotatable bonds is 5. The van der Waals surface area contributed by atoms with Gasteiger partial charge in [0.05, 0.1) is 17.7 Å². The van der Waals surface area contributed by atoms with E-state index in [-0.39, 0.29) is 21.6 Å². The highest BCUT2D eigenvalue weighted by atomic mass is 28.4. The number of carbonyl (C=O) groups excluding carboxylic acids is 2. The van der Waals surface area contributed by atoms with E-state index in [2.05, 4.69) is 79.6 Å². The van der Waals surface area contributed by atoms with Crippen molar-refractivity contribution in [2.24, 2.45) is 0 Å². The number of hydrogen-bond acceptors (Lipinski definition) is 5. The molecule has 0 radical (unpaired) electrons. The van der Waals surface area contributed by atoms with Crippen LogP contribution in [0.15, 0.2) is 24.3 Å². The molecule has 0 atom stereocenters. The summed E-state index contributed by atoms with van der Waals surface area (Å²) in [6.07, 6.45) is 1.15. The third kappa shape index (κ3) is 5.27. The summed E-state index contributed by atoms with van der Waals surface area (Å²) in [4.78, 5) is 28.0. The minimum atomic E-state index is -2.37. The lowest BCUT2D eigenvalue weighted by Gasteiger charge is -2.38. The SMILES string of the molecule is CC(C)(C)[Si](C)(C)OCCC#Cc1c2c(c(O[Si](C)(C)C(C)(C)C)c3c1C(=O)c1ccccc1C3=O)OCC2. The molecule has 0 N–H and O–H groups in total. The van der Waals surface area contributed by atoms with Crippen LogP contribution in [0.5, 0.6) is 11.5 Å². The van der Waals surface area contributed by atoms with Crippen molar-refractivity contribution in [3.8, 4) is 23.3 Å². The molecular formula is C32H42O5Si2. The lowest BCUT2D eigenvalue weighted by molar-refractivity contribution is 0.0976. The highest BCUT2D eigenvalue weighted by Gasteiger charge is 2.45. The Bertz CT molecular complexity index is 1390. The third-order valence-corrected chi connectivity index (χ3v) is 17.7. The highest BCUT2D eigenvalue weighted by molar-refractivity contribution is 6.75. The van der Waals surface area contributed by atoms with E-state index < -0.39 is 16.6 Å². The molecule has 39 heavy (non-hydrogen) atoms. The van der Waals surface area contributed by atoms with Crippen molar-refractivity contribution < 1.29 is 23.2 Å². The first-order valence-electron chi connectivity index (χ1n) is 13.8. The molecule has 1 aliphatic heterocycles. The van der Waals surface area contributed by atoms with Crippen LogP contribution in [0, 0.1) is 11.8 Å². The molecule has 0 bridgehead atoms. The first-order chi connectivity index (χ1) is 18.0. The van der Waals surface area contributed by atoms with Gasteiger partial charge in [-0.05, 0) is 36.3 Å². The second-order valence-corrected chi connectivity index (χ2v) is 23.1. The number of ether oxygens (including phenoxy) is 1. The van der Waals surface area contributed by atoms with Gasteiger partial charge in [0.2, 0.25) is 0 Å². The smallest absolute Gasteiger partial charge is 0.250 e. The van der Waals surface area contributed by atoms with Crippen molar-refractivity contribution in [1.29, 1.82) is 0 Å². The van der Waals surface area contributed by atoms with E-state index in [1.165, 1.54) is 0 Å². The molecule has 4 rings (SSSR count). The van der Waals surface area contributed by atoms with Crippen molar-refractivity contribution in [2.75, 3.05) is 13.2 Å². The predicted octanol–water partition coefficient (Wildman–Crippen LogP) is 7.54. The number of hydrogen-bond donors (Lipinski definition) is 0. The zero-order valence-corrected chi connectivity index (χ0v) is 27.2. The van der Waals surface area contributed by atoms with Crippen molar-refractivity contribution in [2.45, 2.75) is 90.6 Å². The second kappa shape index (κ2) is 10.1. The molecule has 2 aromatic rings. The van der Waals surface area contributed by atoms with Crippen LogP contribution in [-0.2, 0) is 10.8 Å². The molecule has 0 amide bonds. The third-order valence-electron chi connectivity index (χ3n) is 8.85. The second-order valence-electron chi connectivity index (χ2n) is 13.6. The molecule has 1 heterocycles. The Kier molecular flexibility index (Phi) is 7.57. The predicted molar refractivity (Wildman–Crippen MR) is 161 cm³/mol. The van der Waals surface area contributed by atoms with Crippen LogP contribution in [0.1, 0.15) is 90.9 Å². The number of benzene rings is 2. The monoisotopic (exact) mass is 562 g/mol.